The van der Waals surface area contributed by atoms with E-state index in [0.717, 1.165) is 12.1 Å². The van der Waals surface area contributed by atoms with E-state index in [0.29, 0.717) is 0 Å². The van der Waals surface area contributed by atoms with Gasteiger partial charge < -0.3 is 20.2 Å². The average Bonchev–Trinajstić information content (AvgIpc) is 2.73. The van der Waals surface area contributed by atoms with Crippen LogP contribution in [0.1, 0.15) is 32.0 Å². The topological polar surface area (TPSA) is 116 Å². The van der Waals surface area contributed by atoms with Crippen LogP contribution in [0.5, 0.6) is 0 Å². The van der Waals surface area contributed by atoms with Crippen LogP contribution < -0.4 is 10.2 Å². The van der Waals surface area contributed by atoms with Crippen molar-refractivity contribution in [1.82, 2.24) is 15.1 Å². The molecule has 31 heavy (non-hydrogen) atoms. The predicted molar refractivity (Wildman–Crippen MR) is 101 cm³/mol. The summed E-state index contributed by atoms with van der Waals surface area (Å²) in [7, 11) is 0. The van der Waals surface area contributed by atoms with E-state index < -0.39 is 41.1 Å². The van der Waals surface area contributed by atoms with Crippen LogP contribution in [0.2, 0.25) is 0 Å². The summed E-state index contributed by atoms with van der Waals surface area (Å²) in [5.74, 6) is -2.37. The lowest BCUT2D eigenvalue weighted by molar-refractivity contribution is -0.138. The van der Waals surface area contributed by atoms with Crippen molar-refractivity contribution in [1.29, 1.82) is 0 Å². The van der Waals surface area contributed by atoms with Crippen LogP contribution in [0.4, 0.5) is 24.7 Å². The van der Waals surface area contributed by atoms with E-state index in [1.54, 1.807) is 4.90 Å². The van der Waals surface area contributed by atoms with Crippen LogP contribution in [0.3, 0.4) is 0 Å². The fourth-order valence-corrected chi connectivity index (χ4v) is 3.80. The number of fused-ring (bicyclic) bond motifs is 3. The number of carboxylic acid groups (broad SMARTS) is 1. The molecule has 1 aromatic heterocycles. The van der Waals surface area contributed by atoms with Gasteiger partial charge in [-0.25, -0.2) is 4.79 Å². The monoisotopic (exact) mass is 435 g/mol. The van der Waals surface area contributed by atoms with Gasteiger partial charge in [-0.15, -0.1) is 10.2 Å². The highest BCUT2D eigenvalue weighted by Gasteiger charge is 2.42. The van der Waals surface area contributed by atoms with Gasteiger partial charge in [0, 0.05) is 18.7 Å². The zero-order chi connectivity index (χ0) is 22.5. The van der Waals surface area contributed by atoms with Crippen LogP contribution in [0.25, 0.3) is 0 Å². The number of alkyl halides is 3. The molecule has 1 saturated heterocycles. The first-order valence-corrected chi connectivity index (χ1v) is 9.23. The molecule has 1 aromatic carbocycles. The van der Waals surface area contributed by atoms with Gasteiger partial charge in [-0.1, -0.05) is 12.1 Å². The highest BCUT2D eigenvalue weighted by molar-refractivity contribution is 6.06. The Bertz CT molecular complexity index is 1100. The normalized spacial score (nSPS) is 18.2. The van der Waals surface area contributed by atoms with E-state index in [2.05, 4.69) is 15.5 Å². The van der Waals surface area contributed by atoms with E-state index in [1.165, 1.54) is 24.0 Å². The van der Waals surface area contributed by atoms with Crippen molar-refractivity contribution < 1.29 is 32.7 Å². The van der Waals surface area contributed by atoms with Crippen LogP contribution in [-0.2, 0) is 11.0 Å². The number of aromatic nitrogens is 2. The number of rotatable bonds is 2. The Hall–Kier alpha value is -3.70. The molecule has 1 fully saturated rings. The summed E-state index contributed by atoms with van der Waals surface area (Å²) in [6, 6.07) is 3.60. The lowest BCUT2D eigenvalue weighted by Gasteiger charge is -2.44. The van der Waals surface area contributed by atoms with Gasteiger partial charge in [0.05, 0.1) is 23.4 Å². The Morgan fingerprint density at radius 1 is 1.19 bits per heavy atom. The Morgan fingerprint density at radius 3 is 2.58 bits per heavy atom. The molecule has 0 spiro atoms. The fraction of sp³-hybridized carbons (Fsp3) is 0.316. The van der Waals surface area contributed by atoms with Crippen LogP contribution >= 0.6 is 0 Å². The Labute approximate surface area is 173 Å². The third-order valence-corrected chi connectivity index (χ3v) is 5.35. The lowest BCUT2D eigenvalue weighted by atomic mass is 10.0. The molecular formula is C19H16F3N5O4. The van der Waals surface area contributed by atoms with Crippen LogP contribution in [0, 0.1) is 6.92 Å². The summed E-state index contributed by atoms with van der Waals surface area (Å²) in [6.07, 6.45) is -4.69. The standard InChI is InChI=1S/C19H16F3N5O4/c1-9-13-15(25-24-14(9)18(30)31)27-7-6-26(8-12(27)16(28)23-13)17(29)10-4-2-3-5-11(10)19(20,21)22/h2-5,12H,6-8H2,1H3,(H,23,28)(H,30,31). The maximum atomic E-state index is 13.3. The molecule has 12 heteroatoms. The molecule has 1 unspecified atom stereocenters. The summed E-state index contributed by atoms with van der Waals surface area (Å²) in [5.41, 5.74) is -1.36. The summed E-state index contributed by atoms with van der Waals surface area (Å²) in [6.45, 7) is 1.50. The number of hydrogen-bond donors (Lipinski definition) is 2. The van der Waals surface area contributed by atoms with Crippen molar-refractivity contribution in [3.63, 3.8) is 0 Å². The first kappa shape index (κ1) is 20.6. The molecule has 1 atom stereocenters. The van der Waals surface area contributed by atoms with E-state index in [9.17, 15) is 32.7 Å². The summed E-state index contributed by atoms with van der Waals surface area (Å²) < 4.78 is 39.9. The molecule has 9 nitrogen and oxygen atoms in total. The second kappa shape index (κ2) is 7.22. The molecular weight excluding hydrogens is 419 g/mol. The number of benzene rings is 1. The van der Waals surface area contributed by atoms with E-state index >= 15 is 0 Å². The average molecular weight is 435 g/mol. The molecule has 2 aliphatic heterocycles. The number of carbonyl (C=O) groups excluding carboxylic acids is 2. The number of nitrogens with one attached hydrogen (secondary N) is 1. The van der Waals surface area contributed by atoms with E-state index in [-0.39, 0.29) is 42.4 Å². The SMILES string of the molecule is Cc1c(C(=O)O)nnc2c1NC(=O)C1CN(C(=O)c3ccccc3C(F)(F)F)CCN21. The van der Waals surface area contributed by atoms with E-state index in [4.69, 9.17) is 0 Å². The molecule has 0 saturated carbocycles. The van der Waals surface area contributed by atoms with Gasteiger partial charge in [-0.2, -0.15) is 13.2 Å². The van der Waals surface area contributed by atoms with Crippen molar-refractivity contribution in [2.24, 2.45) is 0 Å². The van der Waals surface area contributed by atoms with Gasteiger partial charge in [0.2, 0.25) is 5.91 Å². The Morgan fingerprint density at radius 2 is 1.90 bits per heavy atom. The van der Waals surface area contributed by atoms with Gasteiger partial charge in [-0.05, 0) is 19.1 Å². The van der Waals surface area contributed by atoms with E-state index in [1.807, 2.05) is 0 Å². The van der Waals surface area contributed by atoms with Gasteiger partial charge in [0.1, 0.15) is 6.04 Å². The molecule has 2 N–H and O–H groups in total. The summed E-state index contributed by atoms with van der Waals surface area (Å²) in [4.78, 5) is 39.6. The molecule has 162 valence electrons. The molecule has 2 aromatic rings. The molecule has 0 bridgehead atoms. The largest absolute Gasteiger partial charge is 0.476 e. The fourth-order valence-electron chi connectivity index (χ4n) is 3.80. The van der Waals surface area contributed by atoms with Crippen LogP contribution in [0.15, 0.2) is 24.3 Å². The quantitative estimate of drug-likeness (QED) is 0.739. The first-order chi connectivity index (χ1) is 14.6. The zero-order valence-electron chi connectivity index (χ0n) is 16.1. The molecule has 2 amide bonds. The second-order valence-corrected chi connectivity index (χ2v) is 7.17. The number of carboxylic acids is 1. The number of carbonyl (C=O) groups is 3. The molecule has 3 heterocycles. The van der Waals surface area contributed by atoms with Crippen molar-refractivity contribution in [3.05, 3.63) is 46.6 Å². The van der Waals surface area contributed by atoms with Gasteiger partial charge in [-0.3, -0.25) is 9.59 Å². The van der Waals surface area contributed by atoms with Crippen LogP contribution in [-0.4, -0.2) is 63.7 Å². The molecule has 2 aliphatic rings. The summed E-state index contributed by atoms with van der Waals surface area (Å²) in [5, 5.41) is 19.4. The molecule has 0 radical (unpaired) electrons. The zero-order valence-corrected chi connectivity index (χ0v) is 16.1. The minimum Gasteiger partial charge on any atom is -0.476 e. The summed E-state index contributed by atoms with van der Waals surface area (Å²) >= 11 is 0. The maximum Gasteiger partial charge on any atom is 0.417 e. The molecule has 4 rings (SSSR count). The number of anilines is 2. The lowest BCUT2D eigenvalue weighted by Crippen LogP contribution is -2.61. The Balaban J connectivity index is 1.63. The number of halogens is 3. The minimum atomic E-state index is -4.69. The van der Waals surface area contributed by atoms with Gasteiger partial charge in [0.15, 0.2) is 11.5 Å². The number of aromatic carboxylic acids is 1. The number of piperazine rings is 1. The highest BCUT2D eigenvalue weighted by atomic mass is 19.4. The van der Waals surface area contributed by atoms with Gasteiger partial charge in [0.25, 0.3) is 5.91 Å². The van der Waals surface area contributed by atoms with Crippen molar-refractivity contribution in [3.8, 4) is 0 Å². The number of hydrogen-bond acceptors (Lipinski definition) is 6. The third-order valence-electron chi connectivity index (χ3n) is 5.35. The van der Waals surface area contributed by atoms with Gasteiger partial charge >= 0.3 is 12.1 Å². The first-order valence-electron chi connectivity index (χ1n) is 9.23. The smallest absolute Gasteiger partial charge is 0.417 e. The number of amides is 2. The number of nitrogens with zero attached hydrogens (tertiary/aromatic N) is 4. The Kier molecular flexibility index (Phi) is 4.79. The maximum absolute atomic E-state index is 13.3. The highest BCUT2D eigenvalue weighted by Crippen LogP contribution is 2.36. The van der Waals surface area contributed by atoms with Crippen molar-refractivity contribution >= 4 is 29.3 Å². The van der Waals surface area contributed by atoms with Crippen molar-refractivity contribution in [2.75, 3.05) is 29.9 Å². The minimum absolute atomic E-state index is 0.0512. The third kappa shape index (κ3) is 3.43. The predicted octanol–water partition coefficient (Wildman–Crippen LogP) is 1.79. The second-order valence-electron chi connectivity index (χ2n) is 7.17. The molecule has 0 aliphatic carbocycles. The van der Waals surface area contributed by atoms with Crippen molar-refractivity contribution in [2.45, 2.75) is 19.1 Å².